The van der Waals surface area contributed by atoms with Gasteiger partial charge < -0.3 is 0 Å². The smallest absolute Gasteiger partial charge is 0.162 e. The van der Waals surface area contributed by atoms with Crippen LogP contribution in [0.4, 0.5) is 0 Å². The number of allylic oxidation sites excluding steroid dienone is 2. The van der Waals surface area contributed by atoms with E-state index in [1.165, 1.54) is 70.6 Å². The molecule has 1 rings (SSSR count). The molecular weight excluding hydrogens is 292 g/mol. The largest absolute Gasteiger partial charge is 0.294 e. The van der Waals surface area contributed by atoms with Crippen LogP contribution in [-0.4, -0.2) is 5.78 Å². The fraction of sp³-hybridized carbons (Fsp3) is 0.609. The van der Waals surface area contributed by atoms with Crippen molar-refractivity contribution in [1.29, 1.82) is 0 Å². The molecule has 0 fully saturated rings. The summed E-state index contributed by atoms with van der Waals surface area (Å²) in [6.45, 7) is 2.27. The molecule has 0 aliphatic rings. The van der Waals surface area contributed by atoms with Gasteiger partial charge in [-0.1, -0.05) is 94.4 Å². The van der Waals surface area contributed by atoms with Crippen molar-refractivity contribution in [2.24, 2.45) is 0 Å². The summed E-state index contributed by atoms with van der Waals surface area (Å²) in [5.41, 5.74) is 0.857. The summed E-state index contributed by atoms with van der Waals surface area (Å²) in [5, 5.41) is 0. The van der Waals surface area contributed by atoms with Crippen LogP contribution in [0.1, 0.15) is 101 Å². The van der Waals surface area contributed by atoms with Gasteiger partial charge in [0.1, 0.15) is 0 Å². The highest BCUT2D eigenvalue weighted by atomic mass is 16.1. The minimum atomic E-state index is 0.287. The number of Topliss-reactive ketones (excluding diaryl/α,β-unsaturated/α-hetero) is 1. The lowest BCUT2D eigenvalue weighted by atomic mass is 10.0. The second kappa shape index (κ2) is 15.2. The number of hydrogen-bond acceptors (Lipinski definition) is 1. The van der Waals surface area contributed by atoms with Crippen LogP contribution in [0.2, 0.25) is 0 Å². The van der Waals surface area contributed by atoms with E-state index in [4.69, 9.17) is 0 Å². The van der Waals surface area contributed by atoms with Crippen LogP contribution in [0, 0.1) is 0 Å². The van der Waals surface area contributed by atoms with E-state index in [-0.39, 0.29) is 5.78 Å². The minimum absolute atomic E-state index is 0.287. The van der Waals surface area contributed by atoms with Gasteiger partial charge in [0.25, 0.3) is 0 Å². The summed E-state index contributed by atoms with van der Waals surface area (Å²) in [4.78, 5) is 12.0. The molecule has 0 radical (unpaired) electrons. The molecule has 0 bridgehead atoms. The van der Waals surface area contributed by atoms with Gasteiger partial charge in [0.05, 0.1) is 0 Å². The Hall–Kier alpha value is -1.37. The van der Waals surface area contributed by atoms with E-state index in [0.717, 1.165) is 12.0 Å². The van der Waals surface area contributed by atoms with Crippen molar-refractivity contribution < 1.29 is 4.79 Å². The van der Waals surface area contributed by atoms with Crippen LogP contribution in [-0.2, 0) is 0 Å². The maximum atomic E-state index is 12.0. The number of unbranched alkanes of at least 4 members (excludes halogenated alkanes) is 10. The van der Waals surface area contributed by atoms with Crippen LogP contribution in [0.3, 0.4) is 0 Å². The van der Waals surface area contributed by atoms with Crippen molar-refractivity contribution in [3.8, 4) is 0 Å². The molecule has 0 heterocycles. The van der Waals surface area contributed by atoms with Crippen LogP contribution in [0.5, 0.6) is 0 Å². The van der Waals surface area contributed by atoms with Crippen LogP contribution in [0.25, 0.3) is 0 Å². The Balaban J connectivity index is 1.86. The number of rotatable bonds is 15. The van der Waals surface area contributed by atoms with Gasteiger partial charge in [-0.2, -0.15) is 0 Å². The quantitative estimate of drug-likeness (QED) is 0.185. The Kier molecular flexibility index (Phi) is 13.1. The maximum Gasteiger partial charge on any atom is 0.162 e. The maximum absolute atomic E-state index is 12.0. The Labute approximate surface area is 149 Å². The van der Waals surface area contributed by atoms with Crippen molar-refractivity contribution in [3.63, 3.8) is 0 Å². The molecule has 0 amide bonds. The average molecular weight is 329 g/mol. The van der Waals surface area contributed by atoms with Gasteiger partial charge in [-0.3, -0.25) is 4.79 Å². The molecule has 0 saturated heterocycles. The van der Waals surface area contributed by atoms with Gasteiger partial charge >= 0.3 is 0 Å². The first kappa shape index (κ1) is 20.7. The fourth-order valence-electron chi connectivity index (χ4n) is 2.95. The second-order valence-corrected chi connectivity index (χ2v) is 6.77. The molecular formula is C23H36O. The molecule has 1 aromatic rings. The third-order valence-corrected chi connectivity index (χ3v) is 4.51. The molecule has 0 saturated carbocycles. The van der Waals surface area contributed by atoms with Crippen molar-refractivity contribution in [2.75, 3.05) is 0 Å². The molecule has 1 heteroatoms. The van der Waals surface area contributed by atoms with E-state index < -0.39 is 0 Å². The van der Waals surface area contributed by atoms with Gasteiger partial charge in [-0.25, -0.2) is 0 Å². The van der Waals surface area contributed by atoms with Gasteiger partial charge in [-0.15, -0.1) is 0 Å². The second-order valence-electron chi connectivity index (χ2n) is 6.77. The van der Waals surface area contributed by atoms with E-state index in [1.807, 2.05) is 30.3 Å². The third kappa shape index (κ3) is 11.2. The summed E-state index contributed by atoms with van der Waals surface area (Å²) in [5.74, 6) is 0.287. The first-order valence-corrected chi connectivity index (χ1v) is 10.1. The monoisotopic (exact) mass is 328 g/mol. The Morgan fingerprint density at radius 1 is 0.750 bits per heavy atom. The van der Waals surface area contributed by atoms with Gasteiger partial charge in [-0.05, 0) is 32.1 Å². The third-order valence-electron chi connectivity index (χ3n) is 4.51. The lowest BCUT2D eigenvalue weighted by molar-refractivity contribution is 0.0979. The lowest BCUT2D eigenvalue weighted by Crippen LogP contribution is -1.98. The van der Waals surface area contributed by atoms with Crippen molar-refractivity contribution in [2.45, 2.75) is 90.4 Å². The molecule has 0 aromatic heterocycles. The predicted octanol–water partition coefficient (Wildman–Crippen LogP) is 7.52. The molecule has 0 unspecified atom stereocenters. The first-order chi connectivity index (χ1) is 11.8. The Morgan fingerprint density at radius 3 is 1.92 bits per heavy atom. The predicted molar refractivity (Wildman–Crippen MR) is 106 cm³/mol. The summed E-state index contributed by atoms with van der Waals surface area (Å²) >= 11 is 0. The van der Waals surface area contributed by atoms with Crippen molar-refractivity contribution in [1.82, 2.24) is 0 Å². The molecule has 0 atom stereocenters. The molecule has 134 valence electrons. The highest BCUT2D eigenvalue weighted by Crippen LogP contribution is 2.11. The molecule has 24 heavy (non-hydrogen) atoms. The first-order valence-electron chi connectivity index (χ1n) is 10.1. The van der Waals surface area contributed by atoms with Gasteiger partial charge in [0, 0.05) is 12.0 Å². The van der Waals surface area contributed by atoms with E-state index in [2.05, 4.69) is 19.1 Å². The molecule has 1 aromatic carbocycles. The van der Waals surface area contributed by atoms with E-state index >= 15 is 0 Å². The zero-order chi connectivity index (χ0) is 17.3. The fourth-order valence-corrected chi connectivity index (χ4v) is 2.95. The zero-order valence-corrected chi connectivity index (χ0v) is 15.6. The topological polar surface area (TPSA) is 17.1 Å². The summed E-state index contributed by atoms with van der Waals surface area (Å²) < 4.78 is 0. The summed E-state index contributed by atoms with van der Waals surface area (Å²) in [6.07, 6.45) is 20.8. The average Bonchev–Trinajstić information content (AvgIpc) is 2.62. The standard InChI is InChI=1S/C23H36O/c1-2-3-4-5-6-7-8-9-10-11-12-13-14-18-21-23(24)22-19-16-15-17-20-22/h9-10,15-17,19-20H,2-8,11-14,18,21H2,1H3/b10-9-. The lowest BCUT2D eigenvalue weighted by Gasteiger charge is -2.01. The van der Waals surface area contributed by atoms with E-state index in [0.29, 0.717) is 6.42 Å². The van der Waals surface area contributed by atoms with Crippen LogP contribution in [0.15, 0.2) is 42.5 Å². The highest BCUT2D eigenvalue weighted by molar-refractivity contribution is 5.95. The van der Waals surface area contributed by atoms with E-state index in [1.54, 1.807) is 0 Å². The van der Waals surface area contributed by atoms with E-state index in [9.17, 15) is 4.79 Å². The van der Waals surface area contributed by atoms with Gasteiger partial charge in [0.2, 0.25) is 0 Å². The molecule has 1 nitrogen and oxygen atoms in total. The Morgan fingerprint density at radius 2 is 1.29 bits per heavy atom. The summed E-state index contributed by atoms with van der Waals surface area (Å²) in [6, 6.07) is 9.65. The van der Waals surface area contributed by atoms with Crippen molar-refractivity contribution in [3.05, 3.63) is 48.0 Å². The molecule has 0 N–H and O–H groups in total. The Bertz CT molecular complexity index is 433. The van der Waals surface area contributed by atoms with Crippen LogP contribution >= 0.6 is 0 Å². The minimum Gasteiger partial charge on any atom is -0.294 e. The number of ketones is 1. The summed E-state index contributed by atoms with van der Waals surface area (Å²) in [7, 11) is 0. The number of carbonyl (C=O) groups is 1. The van der Waals surface area contributed by atoms with Crippen LogP contribution < -0.4 is 0 Å². The number of hydrogen-bond donors (Lipinski definition) is 0. The molecule has 0 aliphatic carbocycles. The van der Waals surface area contributed by atoms with Gasteiger partial charge in [0.15, 0.2) is 5.78 Å². The number of benzene rings is 1. The number of carbonyl (C=O) groups excluding carboxylic acids is 1. The zero-order valence-electron chi connectivity index (χ0n) is 15.6. The molecule has 0 spiro atoms. The SMILES string of the molecule is CCCCCCCC/C=C\CCCCCCC(=O)c1ccccc1. The highest BCUT2D eigenvalue weighted by Gasteiger charge is 2.03. The van der Waals surface area contributed by atoms with Crippen molar-refractivity contribution >= 4 is 5.78 Å². The molecule has 0 aliphatic heterocycles. The normalized spacial score (nSPS) is 11.2.